The summed E-state index contributed by atoms with van der Waals surface area (Å²) in [6.07, 6.45) is 5.79. The van der Waals surface area contributed by atoms with Gasteiger partial charge in [0.25, 0.3) is 0 Å². The maximum Gasteiger partial charge on any atom is 0.212 e. The van der Waals surface area contributed by atoms with Crippen LogP contribution in [0.15, 0.2) is 12.5 Å². The van der Waals surface area contributed by atoms with Crippen LogP contribution in [0.5, 0.6) is 0 Å². The Hall–Kier alpha value is -0.960. The molecular weight excluding hydrogens is 355 g/mol. The van der Waals surface area contributed by atoms with Gasteiger partial charge < -0.3 is 10.6 Å². The average molecular weight is 372 g/mol. The van der Waals surface area contributed by atoms with Crippen LogP contribution in [0, 0.1) is 8.99 Å². The van der Waals surface area contributed by atoms with Crippen LogP contribution in [0.3, 0.4) is 0 Å². The zero-order valence-corrected chi connectivity index (χ0v) is 13.0. The third kappa shape index (κ3) is 2.29. The summed E-state index contributed by atoms with van der Waals surface area (Å²) in [6, 6.07) is 0. The number of anilines is 1. The summed E-state index contributed by atoms with van der Waals surface area (Å²) in [7, 11) is 0. The Morgan fingerprint density at radius 1 is 1.42 bits per heavy atom. The summed E-state index contributed by atoms with van der Waals surface area (Å²) in [5, 5.41) is 8.12. The van der Waals surface area contributed by atoms with E-state index in [1.54, 1.807) is 6.33 Å². The van der Waals surface area contributed by atoms with Gasteiger partial charge in [0.2, 0.25) is 5.95 Å². The average Bonchev–Trinajstić information content (AvgIpc) is 2.91. The van der Waals surface area contributed by atoms with Crippen molar-refractivity contribution in [1.82, 2.24) is 19.6 Å². The minimum absolute atomic E-state index is 0.270. The van der Waals surface area contributed by atoms with Crippen LogP contribution in [-0.2, 0) is 0 Å². The Kier molecular flexibility index (Phi) is 3.34. The largest absolute Gasteiger partial charge is 0.342 e. The first kappa shape index (κ1) is 13.0. The van der Waals surface area contributed by atoms with E-state index in [4.69, 9.17) is 5.73 Å². The number of fused-ring (bicyclic) bond motifs is 1. The summed E-state index contributed by atoms with van der Waals surface area (Å²) in [6.45, 7) is 4.98. The molecule has 2 aromatic heterocycles. The summed E-state index contributed by atoms with van der Waals surface area (Å²) in [5.41, 5.74) is 7.00. The molecule has 2 N–H and O–H groups in total. The number of hydrogen-bond acceptors (Lipinski definition) is 5. The molecule has 6 nitrogen and oxygen atoms in total. The van der Waals surface area contributed by atoms with Crippen molar-refractivity contribution in [2.45, 2.75) is 19.8 Å². The van der Waals surface area contributed by atoms with Gasteiger partial charge in [-0.15, -0.1) is 10.2 Å². The van der Waals surface area contributed by atoms with Gasteiger partial charge in [-0.3, -0.25) is 4.40 Å². The fourth-order valence-electron chi connectivity index (χ4n) is 2.46. The van der Waals surface area contributed by atoms with Crippen molar-refractivity contribution in [2.75, 3.05) is 24.5 Å². The minimum Gasteiger partial charge on any atom is -0.342 e. The molecule has 3 rings (SSSR count). The fourth-order valence-corrected chi connectivity index (χ4v) is 2.97. The molecule has 7 heteroatoms. The second-order valence-electron chi connectivity index (χ2n) is 5.43. The molecule has 0 amide bonds. The third-order valence-electron chi connectivity index (χ3n) is 4.02. The molecular formula is C12H17IN6. The number of nitrogens with zero attached hydrogens (tertiary/aromatic N) is 5. The van der Waals surface area contributed by atoms with Gasteiger partial charge in [0, 0.05) is 19.3 Å². The first-order valence-corrected chi connectivity index (χ1v) is 7.50. The minimum atomic E-state index is 0.270. The highest BCUT2D eigenvalue weighted by molar-refractivity contribution is 14.1. The third-order valence-corrected chi connectivity index (χ3v) is 4.78. The molecule has 1 saturated heterocycles. The van der Waals surface area contributed by atoms with Gasteiger partial charge in [0.1, 0.15) is 6.33 Å². The van der Waals surface area contributed by atoms with Gasteiger partial charge in [0.05, 0.1) is 3.57 Å². The quantitative estimate of drug-likeness (QED) is 0.805. The Morgan fingerprint density at radius 3 is 2.84 bits per heavy atom. The van der Waals surface area contributed by atoms with Gasteiger partial charge in [-0.2, -0.15) is 0 Å². The van der Waals surface area contributed by atoms with Crippen LogP contribution in [0.2, 0.25) is 0 Å². The topological polar surface area (TPSA) is 72.3 Å². The molecule has 1 aliphatic rings. The molecule has 0 radical (unpaired) electrons. The van der Waals surface area contributed by atoms with Gasteiger partial charge in [-0.05, 0) is 47.4 Å². The lowest BCUT2D eigenvalue weighted by molar-refractivity contribution is 0.257. The van der Waals surface area contributed by atoms with Crippen LogP contribution < -0.4 is 10.6 Å². The number of halogens is 1. The summed E-state index contributed by atoms with van der Waals surface area (Å²) in [4.78, 5) is 6.84. The van der Waals surface area contributed by atoms with E-state index < -0.39 is 0 Å². The van der Waals surface area contributed by atoms with Crippen LogP contribution in [-0.4, -0.2) is 39.2 Å². The van der Waals surface area contributed by atoms with E-state index in [1.165, 1.54) is 0 Å². The molecule has 102 valence electrons. The Morgan fingerprint density at radius 2 is 2.16 bits per heavy atom. The Bertz CT molecular complexity index is 587. The van der Waals surface area contributed by atoms with E-state index in [2.05, 4.69) is 49.6 Å². The monoisotopic (exact) mass is 372 g/mol. The molecule has 1 fully saturated rings. The van der Waals surface area contributed by atoms with Crippen molar-refractivity contribution in [3.05, 3.63) is 16.1 Å². The molecule has 0 aromatic carbocycles. The molecule has 2 aromatic rings. The molecule has 19 heavy (non-hydrogen) atoms. The molecule has 0 atom stereocenters. The second-order valence-corrected chi connectivity index (χ2v) is 6.59. The smallest absolute Gasteiger partial charge is 0.212 e. The zero-order chi connectivity index (χ0) is 13.5. The predicted molar refractivity (Wildman–Crippen MR) is 82.1 cm³/mol. The number of nitrogens with two attached hydrogens (primary N) is 1. The van der Waals surface area contributed by atoms with E-state index in [0.29, 0.717) is 0 Å². The van der Waals surface area contributed by atoms with Crippen molar-refractivity contribution >= 4 is 34.2 Å². The maximum absolute atomic E-state index is 5.86. The highest BCUT2D eigenvalue weighted by Gasteiger charge is 2.30. The molecule has 3 heterocycles. The Balaban J connectivity index is 1.90. The van der Waals surface area contributed by atoms with Crippen LogP contribution >= 0.6 is 22.6 Å². The summed E-state index contributed by atoms with van der Waals surface area (Å²) >= 11 is 2.23. The number of hydrogen-bond donors (Lipinski definition) is 1. The van der Waals surface area contributed by atoms with Crippen molar-refractivity contribution in [3.63, 3.8) is 0 Å². The molecule has 1 aliphatic heterocycles. The standard InChI is InChI=1S/C12H17IN6/c1-12(7-14)2-4-18(5-3-12)11-15-6-9(13)10-17-16-8-19(10)11/h6,8H,2-5,7,14H2,1H3. The SMILES string of the molecule is CC1(CN)CCN(c2ncc(I)c3nncn23)CC1. The van der Waals surface area contributed by atoms with E-state index in [-0.39, 0.29) is 5.41 Å². The summed E-state index contributed by atoms with van der Waals surface area (Å²) < 4.78 is 2.98. The first-order valence-electron chi connectivity index (χ1n) is 6.42. The van der Waals surface area contributed by atoms with E-state index in [9.17, 15) is 0 Å². The number of aromatic nitrogens is 4. The van der Waals surface area contributed by atoms with Crippen molar-refractivity contribution in [3.8, 4) is 0 Å². The summed E-state index contributed by atoms with van der Waals surface area (Å²) in [5.74, 6) is 0.930. The van der Waals surface area contributed by atoms with Crippen molar-refractivity contribution < 1.29 is 0 Å². The van der Waals surface area contributed by atoms with Gasteiger partial charge in [0.15, 0.2) is 5.65 Å². The van der Waals surface area contributed by atoms with E-state index >= 15 is 0 Å². The highest BCUT2D eigenvalue weighted by atomic mass is 127. The van der Waals surface area contributed by atoms with Crippen LogP contribution in [0.1, 0.15) is 19.8 Å². The van der Waals surface area contributed by atoms with E-state index in [0.717, 1.165) is 47.6 Å². The maximum atomic E-state index is 5.86. The Labute approximate surface area is 125 Å². The van der Waals surface area contributed by atoms with Crippen LogP contribution in [0.25, 0.3) is 5.65 Å². The molecule has 0 aliphatic carbocycles. The predicted octanol–water partition coefficient (Wildman–Crippen LogP) is 1.29. The molecule has 0 bridgehead atoms. The van der Waals surface area contributed by atoms with Gasteiger partial charge in [-0.1, -0.05) is 6.92 Å². The lowest BCUT2D eigenvalue weighted by Gasteiger charge is -2.39. The number of piperidine rings is 1. The fraction of sp³-hybridized carbons (Fsp3) is 0.583. The van der Waals surface area contributed by atoms with Gasteiger partial charge >= 0.3 is 0 Å². The van der Waals surface area contributed by atoms with Crippen molar-refractivity contribution in [2.24, 2.45) is 11.1 Å². The van der Waals surface area contributed by atoms with Crippen molar-refractivity contribution in [1.29, 1.82) is 0 Å². The van der Waals surface area contributed by atoms with Crippen LogP contribution in [0.4, 0.5) is 5.95 Å². The lowest BCUT2D eigenvalue weighted by atomic mass is 9.81. The molecule has 0 spiro atoms. The number of rotatable bonds is 2. The first-order chi connectivity index (χ1) is 9.13. The zero-order valence-electron chi connectivity index (χ0n) is 10.9. The second kappa shape index (κ2) is 4.86. The molecule has 0 unspecified atom stereocenters. The van der Waals surface area contributed by atoms with Gasteiger partial charge in [-0.25, -0.2) is 4.98 Å². The molecule has 0 saturated carbocycles. The highest BCUT2D eigenvalue weighted by Crippen LogP contribution is 2.31. The van der Waals surface area contributed by atoms with E-state index in [1.807, 2.05) is 10.6 Å². The normalized spacial score (nSPS) is 19.0. The lowest BCUT2D eigenvalue weighted by Crippen LogP contribution is -2.43.